The number of benzene rings is 2. The maximum absolute atomic E-state index is 12.3. The Balaban J connectivity index is 2.15. The minimum absolute atomic E-state index is 0.118. The third-order valence-electron chi connectivity index (χ3n) is 3.42. The van der Waals surface area contributed by atoms with Crippen LogP contribution in [0.2, 0.25) is 0 Å². The van der Waals surface area contributed by atoms with Crippen molar-refractivity contribution in [3.8, 4) is 0 Å². The number of carboxylic acid groups (broad SMARTS) is 1. The Labute approximate surface area is 123 Å². The van der Waals surface area contributed by atoms with E-state index in [1.54, 1.807) is 19.1 Å². The summed E-state index contributed by atoms with van der Waals surface area (Å²) in [5.74, 6) is -1.37. The van der Waals surface area contributed by atoms with E-state index in [0.29, 0.717) is 5.69 Å². The number of anilines is 1. The van der Waals surface area contributed by atoms with Crippen molar-refractivity contribution in [3.63, 3.8) is 0 Å². The molecule has 2 aromatic rings. The summed E-state index contributed by atoms with van der Waals surface area (Å²) in [5.41, 5.74) is 2.51. The number of aromatic carboxylic acids is 1. The van der Waals surface area contributed by atoms with Crippen molar-refractivity contribution in [2.45, 2.75) is 19.8 Å². The van der Waals surface area contributed by atoms with E-state index >= 15 is 0 Å². The Kier molecular flexibility index (Phi) is 4.38. The van der Waals surface area contributed by atoms with Crippen LogP contribution in [0.1, 0.15) is 34.3 Å². The molecular weight excluding hydrogens is 266 g/mol. The van der Waals surface area contributed by atoms with Gasteiger partial charge >= 0.3 is 5.97 Å². The summed E-state index contributed by atoms with van der Waals surface area (Å²) >= 11 is 0. The summed E-state index contributed by atoms with van der Waals surface area (Å²) in [4.78, 5) is 23.1. The number of carbonyl (C=O) groups excluding carboxylic acids is 1. The second-order valence-corrected chi connectivity index (χ2v) is 4.96. The fourth-order valence-electron chi connectivity index (χ4n) is 2.07. The SMILES string of the molecule is Cc1cc(C(=O)O)ccc1NC(=O)C(C)c1ccccc1. The number of hydrogen-bond donors (Lipinski definition) is 2. The number of rotatable bonds is 4. The molecule has 0 aliphatic rings. The Bertz CT molecular complexity index is 665. The monoisotopic (exact) mass is 283 g/mol. The van der Waals surface area contributed by atoms with Crippen LogP contribution in [0.5, 0.6) is 0 Å². The largest absolute Gasteiger partial charge is 0.478 e. The molecule has 0 bridgehead atoms. The molecule has 2 rings (SSSR count). The van der Waals surface area contributed by atoms with Gasteiger partial charge in [0, 0.05) is 5.69 Å². The summed E-state index contributed by atoms with van der Waals surface area (Å²) in [6, 6.07) is 14.2. The summed E-state index contributed by atoms with van der Waals surface area (Å²) in [6.45, 7) is 3.61. The molecule has 0 spiro atoms. The first-order chi connectivity index (χ1) is 9.99. The number of carboxylic acids is 1. The topological polar surface area (TPSA) is 66.4 Å². The van der Waals surface area contributed by atoms with Gasteiger partial charge in [0.2, 0.25) is 5.91 Å². The zero-order valence-electron chi connectivity index (χ0n) is 12.0. The fraction of sp³-hybridized carbons (Fsp3) is 0.176. The van der Waals surface area contributed by atoms with E-state index in [0.717, 1.165) is 11.1 Å². The molecule has 0 heterocycles. The first-order valence-corrected chi connectivity index (χ1v) is 6.69. The van der Waals surface area contributed by atoms with Gasteiger partial charge in [0.1, 0.15) is 0 Å². The molecule has 2 N–H and O–H groups in total. The van der Waals surface area contributed by atoms with Crippen LogP contribution in [0.4, 0.5) is 5.69 Å². The van der Waals surface area contributed by atoms with Crippen LogP contribution in [0, 0.1) is 6.92 Å². The average molecular weight is 283 g/mol. The molecule has 108 valence electrons. The van der Waals surface area contributed by atoms with E-state index in [9.17, 15) is 9.59 Å². The zero-order valence-corrected chi connectivity index (χ0v) is 12.0. The van der Waals surface area contributed by atoms with Gasteiger partial charge in [0.05, 0.1) is 11.5 Å². The first-order valence-electron chi connectivity index (χ1n) is 6.69. The second-order valence-electron chi connectivity index (χ2n) is 4.96. The molecule has 0 saturated heterocycles. The third-order valence-corrected chi connectivity index (χ3v) is 3.42. The van der Waals surface area contributed by atoms with E-state index in [-0.39, 0.29) is 17.4 Å². The molecule has 0 saturated carbocycles. The highest BCUT2D eigenvalue weighted by molar-refractivity contribution is 5.97. The first kappa shape index (κ1) is 14.8. The highest BCUT2D eigenvalue weighted by Gasteiger charge is 2.16. The standard InChI is InChI=1S/C17H17NO3/c1-11-10-14(17(20)21)8-9-15(11)18-16(19)12(2)13-6-4-3-5-7-13/h3-10,12H,1-2H3,(H,18,19)(H,20,21). The van der Waals surface area contributed by atoms with E-state index < -0.39 is 5.97 Å². The second kappa shape index (κ2) is 6.22. The van der Waals surface area contributed by atoms with E-state index in [4.69, 9.17) is 5.11 Å². The van der Waals surface area contributed by atoms with Gasteiger partial charge in [0.25, 0.3) is 0 Å². The van der Waals surface area contributed by atoms with Crippen molar-refractivity contribution in [1.82, 2.24) is 0 Å². The van der Waals surface area contributed by atoms with Crippen molar-refractivity contribution in [3.05, 3.63) is 65.2 Å². The molecule has 0 aliphatic heterocycles. The lowest BCUT2D eigenvalue weighted by Gasteiger charge is -2.14. The van der Waals surface area contributed by atoms with Crippen LogP contribution in [0.15, 0.2) is 48.5 Å². The fourth-order valence-corrected chi connectivity index (χ4v) is 2.07. The van der Waals surface area contributed by atoms with Gasteiger partial charge in [-0.3, -0.25) is 4.79 Å². The van der Waals surface area contributed by atoms with Gasteiger partial charge in [-0.05, 0) is 43.2 Å². The van der Waals surface area contributed by atoms with Crippen LogP contribution in [-0.4, -0.2) is 17.0 Å². The minimum Gasteiger partial charge on any atom is -0.478 e. The number of amides is 1. The summed E-state index contributed by atoms with van der Waals surface area (Å²) in [6.07, 6.45) is 0. The summed E-state index contributed by atoms with van der Waals surface area (Å²) in [7, 11) is 0. The Morgan fingerprint density at radius 2 is 1.76 bits per heavy atom. The summed E-state index contributed by atoms with van der Waals surface area (Å²) in [5, 5.41) is 11.8. The number of carbonyl (C=O) groups is 2. The number of nitrogens with one attached hydrogen (secondary N) is 1. The Morgan fingerprint density at radius 1 is 1.10 bits per heavy atom. The Hall–Kier alpha value is -2.62. The molecule has 0 fully saturated rings. The van der Waals surface area contributed by atoms with Crippen molar-refractivity contribution in [2.24, 2.45) is 0 Å². The predicted molar refractivity (Wildman–Crippen MR) is 81.6 cm³/mol. The molecule has 1 unspecified atom stereocenters. The van der Waals surface area contributed by atoms with Gasteiger partial charge < -0.3 is 10.4 Å². The lowest BCUT2D eigenvalue weighted by molar-refractivity contribution is -0.117. The highest BCUT2D eigenvalue weighted by atomic mass is 16.4. The van der Waals surface area contributed by atoms with E-state index in [2.05, 4.69) is 5.32 Å². The number of hydrogen-bond acceptors (Lipinski definition) is 2. The molecular formula is C17H17NO3. The van der Waals surface area contributed by atoms with Gasteiger partial charge in [0.15, 0.2) is 0 Å². The van der Waals surface area contributed by atoms with Crippen molar-refractivity contribution in [2.75, 3.05) is 5.32 Å². The Morgan fingerprint density at radius 3 is 2.33 bits per heavy atom. The van der Waals surface area contributed by atoms with Crippen LogP contribution in [0.3, 0.4) is 0 Å². The minimum atomic E-state index is -0.978. The molecule has 0 aromatic heterocycles. The molecule has 4 heteroatoms. The maximum Gasteiger partial charge on any atom is 0.335 e. The normalized spacial score (nSPS) is 11.7. The summed E-state index contributed by atoms with van der Waals surface area (Å²) < 4.78 is 0. The van der Waals surface area contributed by atoms with Gasteiger partial charge in [-0.15, -0.1) is 0 Å². The lowest BCUT2D eigenvalue weighted by Crippen LogP contribution is -2.19. The van der Waals surface area contributed by atoms with Crippen LogP contribution in [0.25, 0.3) is 0 Å². The molecule has 0 radical (unpaired) electrons. The third kappa shape index (κ3) is 3.48. The van der Waals surface area contributed by atoms with Gasteiger partial charge in [-0.2, -0.15) is 0 Å². The van der Waals surface area contributed by atoms with Crippen LogP contribution < -0.4 is 5.32 Å². The zero-order chi connectivity index (χ0) is 15.4. The van der Waals surface area contributed by atoms with Gasteiger partial charge in [-0.25, -0.2) is 4.79 Å². The van der Waals surface area contributed by atoms with E-state index in [1.165, 1.54) is 6.07 Å². The van der Waals surface area contributed by atoms with Crippen molar-refractivity contribution >= 4 is 17.6 Å². The van der Waals surface area contributed by atoms with Crippen LogP contribution in [-0.2, 0) is 4.79 Å². The molecule has 0 aliphatic carbocycles. The lowest BCUT2D eigenvalue weighted by atomic mass is 10.00. The molecule has 2 aromatic carbocycles. The quantitative estimate of drug-likeness (QED) is 0.903. The van der Waals surface area contributed by atoms with E-state index in [1.807, 2.05) is 37.3 Å². The predicted octanol–water partition coefficient (Wildman–Crippen LogP) is 3.44. The average Bonchev–Trinajstić information content (AvgIpc) is 2.49. The van der Waals surface area contributed by atoms with Crippen molar-refractivity contribution in [1.29, 1.82) is 0 Å². The maximum atomic E-state index is 12.3. The molecule has 1 amide bonds. The molecule has 4 nitrogen and oxygen atoms in total. The smallest absolute Gasteiger partial charge is 0.335 e. The molecule has 1 atom stereocenters. The number of aryl methyl sites for hydroxylation is 1. The molecule has 21 heavy (non-hydrogen) atoms. The highest BCUT2D eigenvalue weighted by Crippen LogP contribution is 2.21. The van der Waals surface area contributed by atoms with Crippen LogP contribution >= 0.6 is 0 Å². The van der Waals surface area contributed by atoms with Crippen molar-refractivity contribution < 1.29 is 14.7 Å². The van der Waals surface area contributed by atoms with Gasteiger partial charge in [-0.1, -0.05) is 30.3 Å².